The van der Waals surface area contributed by atoms with E-state index in [0.29, 0.717) is 0 Å². The maximum atomic E-state index is 5.14. The van der Waals surface area contributed by atoms with Gasteiger partial charge in [-0.3, -0.25) is 0 Å². The maximum absolute atomic E-state index is 5.14. The number of pyridine rings is 1. The van der Waals surface area contributed by atoms with Crippen molar-refractivity contribution >= 4 is 16.6 Å². The predicted octanol–water partition coefficient (Wildman–Crippen LogP) is 6.02. The first-order valence-electron chi connectivity index (χ1n) is 10.7. The molecule has 2 aromatic carbocycles. The van der Waals surface area contributed by atoms with Gasteiger partial charge in [0.1, 0.15) is 5.82 Å². The lowest BCUT2D eigenvalue weighted by atomic mass is 10.0. The van der Waals surface area contributed by atoms with E-state index in [4.69, 9.17) is 4.98 Å². The number of likely N-dealkylation sites (N-methyl/N-ethyl adjacent to an activating group) is 1. The van der Waals surface area contributed by atoms with Crippen molar-refractivity contribution in [1.29, 1.82) is 0 Å². The molecule has 0 radical (unpaired) electrons. The van der Waals surface area contributed by atoms with Gasteiger partial charge in [0.2, 0.25) is 0 Å². The van der Waals surface area contributed by atoms with E-state index in [1.807, 2.05) is 0 Å². The summed E-state index contributed by atoms with van der Waals surface area (Å²) in [5.41, 5.74) is 3.70. The van der Waals surface area contributed by atoms with Crippen LogP contribution in [0.15, 0.2) is 54.6 Å². The first-order valence-corrected chi connectivity index (χ1v) is 10.7. The standard InChI is InChI=1S/C25H31N3.CH4/c1-3-5-8-20-11-13-21(14-12-20)24-19-22-9-6-7-10-23(22)25(26-24)28-17-15-27(4-2)16-18-28;/h6-7,9-14,19H,3-5,8,15-18H2,1-2H3;1H4. The van der Waals surface area contributed by atoms with Crippen LogP contribution in [-0.2, 0) is 6.42 Å². The SMILES string of the molecule is C.CCCCc1ccc(-c2cc3ccccc3c(N3CCN(CC)CC3)n2)cc1. The van der Waals surface area contributed by atoms with Crippen LogP contribution < -0.4 is 4.90 Å². The zero-order valence-electron chi connectivity index (χ0n) is 17.2. The van der Waals surface area contributed by atoms with E-state index in [0.717, 1.165) is 50.7 Å². The molecule has 1 aromatic heterocycles. The molecular formula is C26H35N3. The molecule has 0 atom stereocenters. The normalized spacial score (nSPS) is 14.8. The average Bonchev–Trinajstić information content (AvgIpc) is 2.77. The highest BCUT2D eigenvalue weighted by molar-refractivity contribution is 5.95. The summed E-state index contributed by atoms with van der Waals surface area (Å²) in [6.45, 7) is 9.94. The van der Waals surface area contributed by atoms with Crippen LogP contribution in [0.5, 0.6) is 0 Å². The lowest BCUT2D eigenvalue weighted by Gasteiger charge is -2.35. The van der Waals surface area contributed by atoms with Crippen LogP contribution in [-0.4, -0.2) is 42.6 Å². The zero-order valence-corrected chi connectivity index (χ0v) is 17.2. The zero-order chi connectivity index (χ0) is 19.3. The number of piperazine rings is 1. The van der Waals surface area contributed by atoms with Gasteiger partial charge in [-0.25, -0.2) is 4.98 Å². The van der Waals surface area contributed by atoms with E-state index < -0.39 is 0 Å². The highest BCUT2D eigenvalue weighted by Gasteiger charge is 2.19. The van der Waals surface area contributed by atoms with Crippen LogP contribution in [0.2, 0.25) is 0 Å². The van der Waals surface area contributed by atoms with Crippen LogP contribution in [0, 0.1) is 0 Å². The van der Waals surface area contributed by atoms with Gasteiger partial charge in [-0.05, 0) is 36.4 Å². The highest BCUT2D eigenvalue weighted by Crippen LogP contribution is 2.31. The Morgan fingerprint density at radius 2 is 1.62 bits per heavy atom. The van der Waals surface area contributed by atoms with E-state index >= 15 is 0 Å². The monoisotopic (exact) mass is 389 g/mol. The molecule has 1 fully saturated rings. The number of hydrogen-bond donors (Lipinski definition) is 0. The summed E-state index contributed by atoms with van der Waals surface area (Å²) in [6, 6.07) is 19.9. The van der Waals surface area contributed by atoms with Gasteiger partial charge in [-0.2, -0.15) is 0 Å². The maximum Gasteiger partial charge on any atom is 0.137 e. The Balaban J connectivity index is 0.00000240. The topological polar surface area (TPSA) is 19.4 Å². The van der Waals surface area contributed by atoms with Crippen LogP contribution in [0.1, 0.15) is 39.7 Å². The van der Waals surface area contributed by atoms with E-state index in [-0.39, 0.29) is 7.43 Å². The molecule has 3 aromatic rings. The molecule has 154 valence electrons. The van der Waals surface area contributed by atoms with E-state index in [1.54, 1.807) is 0 Å². The van der Waals surface area contributed by atoms with Gasteiger partial charge in [0.05, 0.1) is 5.69 Å². The molecule has 0 spiro atoms. The number of rotatable bonds is 6. The lowest BCUT2D eigenvalue weighted by Crippen LogP contribution is -2.46. The highest BCUT2D eigenvalue weighted by atomic mass is 15.3. The fourth-order valence-electron chi connectivity index (χ4n) is 4.07. The minimum atomic E-state index is 0. The van der Waals surface area contributed by atoms with Crippen molar-refractivity contribution in [1.82, 2.24) is 9.88 Å². The second kappa shape index (κ2) is 9.89. The molecule has 0 amide bonds. The number of anilines is 1. The molecule has 0 saturated carbocycles. The summed E-state index contributed by atoms with van der Waals surface area (Å²) < 4.78 is 0. The van der Waals surface area contributed by atoms with Crippen molar-refractivity contribution in [3.8, 4) is 11.3 Å². The van der Waals surface area contributed by atoms with Gasteiger partial charge in [0.15, 0.2) is 0 Å². The number of hydrogen-bond acceptors (Lipinski definition) is 3. The van der Waals surface area contributed by atoms with Crippen molar-refractivity contribution in [3.05, 3.63) is 60.2 Å². The first kappa shape index (κ1) is 21.3. The number of aromatic nitrogens is 1. The van der Waals surface area contributed by atoms with Crippen molar-refractivity contribution in [2.75, 3.05) is 37.6 Å². The molecule has 0 aliphatic carbocycles. The molecule has 3 heteroatoms. The van der Waals surface area contributed by atoms with E-state index in [2.05, 4.69) is 78.2 Å². The molecule has 1 saturated heterocycles. The van der Waals surface area contributed by atoms with Crippen LogP contribution in [0.3, 0.4) is 0 Å². The predicted molar refractivity (Wildman–Crippen MR) is 127 cm³/mol. The minimum Gasteiger partial charge on any atom is -0.354 e. The van der Waals surface area contributed by atoms with Gasteiger partial charge < -0.3 is 9.80 Å². The quantitative estimate of drug-likeness (QED) is 0.514. The molecule has 0 N–H and O–H groups in total. The smallest absolute Gasteiger partial charge is 0.137 e. The number of nitrogens with zero attached hydrogens (tertiary/aromatic N) is 3. The summed E-state index contributed by atoms with van der Waals surface area (Å²) in [7, 11) is 0. The Morgan fingerprint density at radius 3 is 2.31 bits per heavy atom. The van der Waals surface area contributed by atoms with Gasteiger partial charge in [-0.1, -0.05) is 76.2 Å². The fourth-order valence-corrected chi connectivity index (χ4v) is 4.07. The van der Waals surface area contributed by atoms with Gasteiger partial charge in [0.25, 0.3) is 0 Å². The third-order valence-electron chi connectivity index (χ3n) is 5.91. The molecule has 1 aliphatic rings. The van der Waals surface area contributed by atoms with Crippen molar-refractivity contribution in [3.63, 3.8) is 0 Å². The fraction of sp³-hybridized carbons (Fsp3) is 0.423. The summed E-state index contributed by atoms with van der Waals surface area (Å²) in [4.78, 5) is 10.1. The van der Waals surface area contributed by atoms with Crippen LogP contribution >= 0.6 is 0 Å². The molecule has 3 nitrogen and oxygen atoms in total. The molecule has 0 unspecified atom stereocenters. The minimum absolute atomic E-state index is 0. The summed E-state index contributed by atoms with van der Waals surface area (Å²) in [6.07, 6.45) is 3.65. The Hall–Kier alpha value is -2.39. The molecule has 29 heavy (non-hydrogen) atoms. The number of aryl methyl sites for hydroxylation is 1. The second-order valence-corrected chi connectivity index (χ2v) is 7.77. The molecule has 4 rings (SSSR count). The molecule has 1 aliphatic heterocycles. The van der Waals surface area contributed by atoms with Crippen molar-refractivity contribution in [2.45, 2.75) is 40.5 Å². The van der Waals surface area contributed by atoms with Crippen LogP contribution in [0.4, 0.5) is 5.82 Å². The third-order valence-corrected chi connectivity index (χ3v) is 5.91. The van der Waals surface area contributed by atoms with Gasteiger partial charge >= 0.3 is 0 Å². The summed E-state index contributed by atoms with van der Waals surface area (Å²) in [5.74, 6) is 1.14. The van der Waals surface area contributed by atoms with E-state index in [9.17, 15) is 0 Å². The van der Waals surface area contributed by atoms with Gasteiger partial charge in [-0.15, -0.1) is 0 Å². The van der Waals surface area contributed by atoms with Gasteiger partial charge in [0, 0.05) is 37.1 Å². The third kappa shape index (κ3) is 4.79. The second-order valence-electron chi connectivity index (χ2n) is 7.77. The Labute approximate surface area is 176 Å². The number of benzene rings is 2. The largest absolute Gasteiger partial charge is 0.354 e. The Morgan fingerprint density at radius 1 is 0.897 bits per heavy atom. The average molecular weight is 390 g/mol. The Bertz CT molecular complexity index is 909. The molecular weight excluding hydrogens is 354 g/mol. The van der Waals surface area contributed by atoms with Crippen molar-refractivity contribution < 1.29 is 0 Å². The lowest BCUT2D eigenvalue weighted by molar-refractivity contribution is 0.271. The number of fused-ring (bicyclic) bond motifs is 1. The van der Waals surface area contributed by atoms with E-state index in [1.165, 1.54) is 34.7 Å². The first-order chi connectivity index (χ1) is 13.8. The molecule has 0 bridgehead atoms. The summed E-state index contributed by atoms with van der Waals surface area (Å²) >= 11 is 0. The Kier molecular flexibility index (Phi) is 7.27. The van der Waals surface area contributed by atoms with Crippen molar-refractivity contribution in [2.24, 2.45) is 0 Å². The summed E-state index contributed by atoms with van der Waals surface area (Å²) in [5, 5.41) is 2.53. The number of unbranched alkanes of at least 4 members (excludes halogenated alkanes) is 1. The molecule has 2 heterocycles. The van der Waals surface area contributed by atoms with Crippen LogP contribution in [0.25, 0.3) is 22.0 Å².